The highest BCUT2D eigenvalue weighted by Crippen LogP contribution is 2.68. The molecule has 4 aliphatic rings. The average molecular weight is 625 g/mol. The largest absolute Gasteiger partial charge is 0.493 e. The van der Waals surface area contributed by atoms with Gasteiger partial charge in [-0.3, -0.25) is 19.3 Å². The number of amides is 2. The van der Waals surface area contributed by atoms with E-state index in [1.165, 1.54) is 21.8 Å². The monoisotopic (exact) mass is 624 g/mol. The van der Waals surface area contributed by atoms with Crippen LogP contribution in [0.1, 0.15) is 39.5 Å². The lowest BCUT2D eigenvalue weighted by Crippen LogP contribution is -2.42. The van der Waals surface area contributed by atoms with Crippen LogP contribution >= 0.6 is 23.1 Å². The van der Waals surface area contributed by atoms with Crippen LogP contribution in [-0.2, 0) is 16.2 Å². The third kappa shape index (κ3) is 4.19. The van der Waals surface area contributed by atoms with Crippen molar-refractivity contribution in [3.63, 3.8) is 0 Å². The van der Waals surface area contributed by atoms with Gasteiger partial charge in [-0.2, -0.15) is 0 Å². The average Bonchev–Trinajstić information content (AvgIpc) is 3.76. The van der Waals surface area contributed by atoms with Crippen LogP contribution in [0.2, 0.25) is 0 Å². The Labute approximate surface area is 263 Å². The van der Waals surface area contributed by atoms with Crippen molar-refractivity contribution in [3.8, 4) is 11.5 Å². The fraction of sp³-hybridized carbons (Fsp3) is 0.343. The van der Waals surface area contributed by atoms with E-state index in [1.807, 2.05) is 43.3 Å². The predicted molar refractivity (Wildman–Crippen MR) is 171 cm³/mol. The molecule has 3 aromatic carbocycles. The summed E-state index contributed by atoms with van der Waals surface area (Å²) in [6, 6.07) is 21.9. The minimum atomic E-state index is -0.339. The van der Waals surface area contributed by atoms with E-state index >= 15 is 0 Å². The number of benzene rings is 3. The van der Waals surface area contributed by atoms with Crippen LogP contribution < -0.4 is 19.2 Å². The highest BCUT2D eigenvalue weighted by atomic mass is 32.2. The number of ether oxygens (including phenoxy) is 2. The summed E-state index contributed by atoms with van der Waals surface area (Å²) in [5, 5.41) is 1.02. The molecule has 1 saturated heterocycles. The number of nitrogens with one attached hydrogen (secondary N) is 1. The number of aromatic nitrogens is 1. The molecule has 224 valence electrons. The molecule has 1 N–H and O–H groups in total. The number of imide groups is 1. The minimum absolute atomic E-state index is 0.0493. The molecule has 3 fully saturated rings. The van der Waals surface area contributed by atoms with Crippen molar-refractivity contribution in [2.45, 2.75) is 43.1 Å². The maximum Gasteiger partial charge on any atom is 0.305 e. The van der Waals surface area contributed by atoms with Crippen LogP contribution in [0, 0.1) is 43.4 Å². The van der Waals surface area contributed by atoms with E-state index < -0.39 is 0 Å². The second-order valence-electron chi connectivity index (χ2n) is 12.5. The Morgan fingerprint density at radius 2 is 1.55 bits per heavy atom. The van der Waals surface area contributed by atoms with Gasteiger partial charge in [-0.15, -0.1) is 11.8 Å². The number of thioether (sulfide) groups is 1. The van der Waals surface area contributed by atoms with Gasteiger partial charge in [-0.05, 0) is 73.4 Å². The number of methoxy groups -OCH3 is 1. The number of H-pyrrole nitrogens is 1. The Hall–Kier alpha value is -3.82. The van der Waals surface area contributed by atoms with Gasteiger partial charge in [-0.25, -0.2) is 0 Å². The normalized spacial score (nSPS) is 28.2. The molecule has 8 rings (SSSR count). The number of nitrogens with zero attached hydrogens (tertiary/aromatic N) is 1. The van der Waals surface area contributed by atoms with Gasteiger partial charge in [-0.1, -0.05) is 64.9 Å². The number of rotatable bonds is 6. The zero-order chi connectivity index (χ0) is 30.3. The number of anilines is 1. The van der Waals surface area contributed by atoms with E-state index in [1.54, 1.807) is 18.9 Å². The first-order valence-electron chi connectivity index (χ1n) is 15.0. The van der Waals surface area contributed by atoms with E-state index in [-0.39, 0.29) is 57.4 Å². The number of hydrogen-bond donors (Lipinski definition) is 1. The Morgan fingerprint density at radius 1 is 0.864 bits per heavy atom. The van der Waals surface area contributed by atoms with Crippen molar-refractivity contribution in [1.29, 1.82) is 0 Å². The van der Waals surface area contributed by atoms with E-state index in [0.29, 0.717) is 23.8 Å². The van der Waals surface area contributed by atoms with Gasteiger partial charge in [0.2, 0.25) is 11.8 Å². The second kappa shape index (κ2) is 10.4. The first-order chi connectivity index (χ1) is 21.3. The molecule has 6 unspecified atom stereocenters. The SMILES string of the molecule is COc1cc([C@H]2c3sc(=O)[nH]c3SC3C4CC(C5C(=O)N(c6ccc(C)cc6)C(=O)C45)C32)ccc1OCc1ccc(C)cc1. The second-order valence-corrected chi connectivity index (χ2v) is 14.7. The van der Waals surface area contributed by atoms with Gasteiger partial charge in [0.1, 0.15) is 6.61 Å². The maximum atomic E-state index is 14.0. The predicted octanol–water partition coefficient (Wildman–Crippen LogP) is 6.32. The molecule has 7 nitrogen and oxygen atoms in total. The standard InChI is InChI=1S/C35H32N2O5S2/c1-17-4-8-19(9-5-17)16-42-24-13-10-20(14-25(24)41-3)26-27-22-15-23(30(27)43-32-31(26)44-35(40)36-32)29-28(22)33(38)37(34(29)39)21-11-6-18(2)7-12-21/h4-14,22-23,26-30H,15-16H2,1-3H3,(H,36,40)/t22?,23?,26-,27?,28?,29?,30?/m1/s1. The van der Waals surface area contributed by atoms with E-state index in [2.05, 4.69) is 42.2 Å². The summed E-state index contributed by atoms with van der Waals surface area (Å²) >= 11 is 2.95. The summed E-state index contributed by atoms with van der Waals surface area (Å²) in [5.41, 5.74) is 5.04. The molecule has 3 heterocycles. The zero-order valence-electron chi connectivity index (χ0n) is 24.6. The van der Waals surface area contributed by atoms with Gasteiger partial charge >= 0.3 is 4.87 Å². The quantitative estimate of drug-likeness (QED) is 0.253. The molecule has 2 aliphatic heterocycles. The number of aryl methyl sites for hydroxylation is 2. The molecule has 44 heavy (non-hydrogen) atoms. The highest BCUT2D eigenvalue weighted by molar-refractivity contribution is 8.00. The number of thiazole rings is 1. The fourth-order valence-electron chi connectivity index (χ4n) is 8.18. The summed E-state index contributed by atoms with van der Waals surface area (Å²) in [7, 11) is 1.64. The van der Waals surface area contributed by atoms with E-state index in [9.17, 15) is 14.4 Å². The van der Waals surface area contributed by atoms with Gasteiger partial charge in [0.15, 0.2) is 11.5 Å². The van der Waals surface area contributed by atoms with Crippen LogP contribution in [-0.4, -0.2) is 29.2 Å². The lowest BCUT2D eigenvalue weighted by molar-refractivity contribution is -0.123. The number of aromatic amines is 1. The van der Waals surface area contributed by atoms with Crippen molar-refractivity contribution in [3.05, 3.63) is 104 Å². The topological polar surface area (TPSA) is 88.7 Å². The molecule has 4 aromatic rings. The van der Waals surface area contributed by atoms with Crippen molar-refractivity contribution < 1.29 is 19.1 Å². The third-order valence-electron chi connectivity index (χ3n) is 10.1. The molecule has 2 saturated carbocycles. The first kappa shape index (κ1) is 27.7. The number of carbonyl (C=O) groups excluding carboxylic acids is 2. The molecule has 2 aliphatic carbocycles. The maximum absolute atomic E-state index is 14.0. The smallest absolute Gasteiger partial charge is 0.305 e. The summed E-state index contributed by atoms with van der Waals surface area (Å²) in [6.45, 7) is 4.48. The summed E-state index contributed by atoms with van der Waals surface area (Å²) in [4.78, 5) is 46.0. The molecule has 0 spiro atoms. The van der Waals surface area contributed by atoms with Gasteiger partial charge < -0.3 is 14.5 Å². The summed E-state index contributed by atoms with van der Waals surface area (Å²) in [6.07, 6.45) is 0.849. The number of fused-ring (bicyclic) bond motifs is 9. The van der Waals surface area contributed by atoms with Crippen LogP contribution in [0.4, 0.5) is 5.69 Å². The van der Waals surface area contributed by atoms with Crippen LogP contribution in [0.5, 0.6) is 11.5 Å². The molecular weight excluding hydrogens is 593 g/mol. The van der Waals surface area contributed by atoms with Crippen LogP contribution in [0.25, 0.3) is 0 Å². The summed E-state index contributed by atoms with van der Waals surface area (Å²) < 4.78 is 12.0. The lowest BCUT2D eigenvalue weighted by Gasteiger charge is -2.43. The number of carbonyl (C=O) groups is 2. The Morgan fingerprint density at radius 3 is 2.25 bits per heavy atom. The van der Waals surface area contributed by atoms with Gasteiger partial charge in [0, 0.05) is 16.0 Å². The van der Waals surface area contributed by atoms with Crippen molar-refractivity contribution in [1.82, 2.24) is 4.98 Å². The molecular formula is C35H32N2O5S2. The molecule has 7 atom stereocenters. The molecule has 1 aromatic heterocycles. The van der Waals surface area contributed by atoms with Crippen molar-refractivity contribution in [2.24, 2.45) is 29.6 Å². The van der Waals surface area contributed by atoms with Crippen molar-refractivity contribution >= 4 is 40.6 Å². The van der Waals surface area contributed by atoms with Crippen LogP contribution in [0.3, 0.4) is 0 Å². The fourth-order valence-corrected chi connectivity index (χ4v) is 11.1. The number of hydrogen-bond acceptors (Lipinski definition) is 7. The Kier molecular flexibility index (Phi) is 6.54. The Bertz CT molecular complexity index is 1850. The Balaban J connectivity index is 1.14. The molecule has 9 heteroatoms. The van der Waals surface area contributed by atoms with Crippen molar-refractivity contribution in [2.75, 3.05) is 12.0 Å². The zero-order valence-corrected chi connectivity index (χ0v) is 26.2. The minimum Gasteiger partial charge on any atom is -0.493 e. The molecule has 2 bridgehead atoms. The van der Waals surface area contributed by atoms with Crippen LogP contribution in [0.15, 0.2) is 76.6 Å². The molecule has 0 radical (unpaired) electrons. The van der Waals surface area contributed by atoms with Gasteiger partial charge in [0.05, 0.1) is 29.7 Å². The third-order valence-corrected chi connectivity index (χ3v) is 12.7. The first-order valence-corrected chi connectivity index (χ1v) is 16.7. The molecule has 2 amide bonds. The lowest BCUT2D eigenvalue weighted by atomic mass is 9.68. The van der Waals surface area contributed by atoms with E-state index in [4.69, 9.17) is 9.47 Å². The van der Waals surface area contributed by atoms with E-state index in [0.717, 1.165) is 33.0 Å². The van der Waals surface area contributed by atoms with Gasteiger partial charge in [0.25, 0.3) is 0 Å². The summed E-state index contributed by atoms with van der Waals surface area (Å²) in [5.74, 6) is 0.621. The highest BCUT2D eigenvalue weighted by Gasteiger charge is 2.69.